The number of hydrogen-bond acceptors (Lipinski definition) is 4. The highest BCUT2D eigenvalue weighted by Gasteiger charge is 2.42. The molecule has 0 aromatic heterocycles. The number of hydrogen-bond donors (Lipinski definition) is 3. The molecule has 154 valence electrons. The fourth-order valence-corrected chi connectivity index (χ4v) is 5.14. The molecule has 2 saturated heterocycles. The topological polar surface area (TPSA) is 87.3 Å². The zero-order valence-corrected chi connectivity index (χ0v) is 16.8. The van der Waals surface area contributed by atoms with Crippen LogP contribution in [0.15, 0.2) is 0 Å². The number of ketones is 1. The standard InChI is InChI=1S/C19H32FN3O3S/c20-11-5-1-2-7-14(24)8-6-12-21-17(25)10-4-3-9-16-18-15(13-27-16)22-19(26)23-18/h15-16,18H,1-13H2,(H,21,25)(H2,22,23,26)/t15-,16-,18-/m0/s1/i20-1. The first-order valence-electron chi connectivity index (χ1n) is 10.1. The van der Waals surface area contributed by atoms with Crippen LogP contribution in [0.4, 0.5) is 9.18 Å². The summed E-state index contributed by atoms with van der Waals surface area (Å²) in [5.74, 6) is 1.20. The Kier molecular flexibility index (Phi) is 9.94. The Morgan fingerprint density at radius 2 is 1.81 bits per heavy atom. The number of thioether (sulfide) groups is 1. The molecule has 3 amide bonds. The van der Waals surface area contributed by atoms with E-state index in [4.69, 9.17) is 0 Å². The van der Waals surface area contributed by atoms with Crippen LogP contribution < -0.4 is 16.0 Å². The van der Waals surface area contributed by atoms with E-state index in [9.17, 15) is 18.8 Å². The van der Waals surface area contributed by atoms with Gasteiger partial charge < -0.3 is 16.0 Å². The van der Waals surface area contributed by atoms with Crippen LogP contribution in [0.1, 0.15) is 64.2 Å². The minimum Gasteiger partial charge on any atom is -0.356 e. The number of urea groups is 1. The van der Waals surface area contributed by atoms with Gasteiger partial charge in [-0.25, -0.2) is 4.79 Å². The summed E-state index contributed by atoms with van der Waals surface area (Å²) in [5, 5.41) is 9.23. The summed E-state index contributed by atoms with van der Waals surface area (Å²) in [5.41, 5.74) is 0. The van der Waals surface area contributed by atoms with E-state index in [1.165, 1.54) is 0 Å². The van der Waals surface area contributed by atoms with E-state index in [1.807, 2.05) is 11.8 Å². The second-order valence-corrected chi connectivity index (χ2v) is 8.63. The maximum Gasteiger partial charge on any atom is 0.315 e. The van der Waals surface area contributed by atoms with Crippen LogP contribution in [-0.4, -0.2) is 54.0 Å². The molecule has 2 heterocycles. The van der Waals surface area contributed by atoms with Crippen molar-refractivity contribution in [3.8, 4) is 0 Å². The Labute approximate surface area is 165 Å². The maximum atomic E-state index is 12.0. The van der Waals surface area contributed by atoms with Crippen molar-refractivity contribution in [2.45, 2.75) is 81.5 Å². The lowest BCUT2D eigenvalue weighted by atomic mass is 10.0. The average Bonchev–Trinajstić information content (AvgIpc) is 3.19. The van der Waals surface area contributed by atoms with E-state index < -0.39 is 0 Å². The molecule has 3 atom stereocenters. The third-order valence-electron chi connectivity index (χ3n) is 5.12. The lowest BCUT2D eigenvalue weighted by Gasteiger charge is -2.16. The Hall–Kier alpha value is -1.31. The van der Waals surface area contributed by atoms with Crippen LogP contribution in [0.25, 0.3) is 0 Å². The molecule has 3 N–H and O–H groups in total. The molecule has 2 aliphatic heterocycles. The number of fused-ring (bicyclic) bond motifs is 1. The molecule has 0 spiro atoms. The van der Waals surface area contributed by atoms with Crippen molar-refractivity contribution in [1.82, 2.24) is 16.0 Å². The number of rotatable bonds is 14. The van der Waals surface area contributed by atoms with Crippen LogP contribution in [0.3, 0.4) is 0 Å². The van der Waals surface area contributed by atoms with Crippen molar-refractivity contribution < 1.29 is 18.8 Å². The van der Waals surface area contributed by atoms with Crippen molar-refractivity contribution in [3.63, 3.8) is 0 Å². The number of alkyl halides is 1. The maximum absolute atomic E-state index is 12.0. The van der Waals surface area contributed by atoms with Gasteiger partial charge in [-0.1, -0.05) is 12.8 Å². The molecule has 0 aliphatic carbocycles. The Bertz CT molecular complexity index is 507. The van der Waals surface area contributed by atoms with Gasteiger partial charge in [0.1, 0.15) is 5.78 Å². The zero-order chi connectivity index (χ0) is 19.5. The Morgan fingerprint density at radius 3 is 2.63 bits per heavy atom. The second-order valence-electron chi connectivity index (χ2n) is 7.36. The second kappa shape index (κ2) is 12.2. The van der Waals surface area contributed by atoms with Gasteiger partial charge in [0.25, 0.3) is 0 Å². The zero-order valence-electron chi connectivity index (χ0n) is 15.9. The number of unbranched alkanes of at least 4 members (excludes halogenated alkanes) is 3. The third-order valence-corrected chi connectivity index (χ3v) is 6.63. The highest BCUT2D eigenvalue weighted by Crippen LogP contribution is 2.33. The summed E-state index contributed by atoms with van der Waals surface area (Å²) in [6.07, 6.45) is 7.07. The van der Waals surface area contributed by atoms with Gasteiger partial charge >= 0.3 is 6.03 Å². The number of amides is 3. The monoisotopic (exact) mass is 400 g/mol. The summed E-state index contributed by atoms with van der Waals surface area (Å²) in [6, 6.07) is 0.418. The summed E-state index contributed by atoms with van der Waals surface area (Å²) in [7, 11) is 0. The number of nitrogens with one attached hydrogen (secondary N) is 3. The van der Waals surface area contributed by atoms with Crippen molar-refractivity contribution in [2.75, 3.05) is 19.0 Å². The predicted molar refractivity (Wildman–Crippen MR) is 106 cm³/mol. The molecule has 8 heteroatoms. The quantitative estimate of drug-likeness (QED) is 0.309. The highest BCUT2D eigenvalue weighted by molar-refractivity contribution is 8.00. The van der Waals surface area contributed by atoms with Crippen molar-refractivity contribution in [2.24, 2.45) is 0 Å². The van der Waals surface area contributed by atoms with Crippen molar-refractivity contribution in [3.05, 3.63) is 0 Å². The largest absolute Gasteiger partial charge is 0.356 e. The first-order valence-corrected chi connectivity index (χ1v) is 11.2. The van der Waals surface area contributed by atoms with Crippen molar-refractivity contribution in [1.29, 1.82) is 0 Å². The predicted octanol–water partition coefficient (Wildman–Crippen LogP) is 2.71. The molecule has 0 bridgehead atoms. The normalized spacial score (nSPS) is 23.6. The minimum absolute atomic E-state index is 0.0400. The SMILES string of the molecule is O=C(CCCCC[18F])CCCNC(=O)CCCC[C@@H]1SC[C@@H]2NC(=O)N[C@@H]21. The Balaban J connectivity index is 1.43. The summed E-state index contributed by atoms with van der Waals surface area (Å²) >= 11 is 1.89. The summed E-state index contributed by atoms with van der Waals surface area (Å²) in [6.45, 7) is 0.226. The third kappa shape index (κ3) is 8.07. The van der Waals surface area contributed by atoms with E-state index in [1.54, 1.807) is 0 Å². The van der Waals surface area contributed by atoms with E-state index in [-0.39, 0.29) is 36.5 Å². The van der Waals surface area contributed by atoms with Gasteiger partial charge in [-0.15, -0.1) is 0 Å². The molecule has 27 heavy (non-hydrogen) atoms. The van der Waals surface area contributed by atoms with E-state index in [0.717, 1.165) is 37.9 Å². The van der Waals surface area contributed by atoms with Gasteiger partial charge in [0.15, 0.2) is 0 Å². The van der Waals surface area contributed by atoms with Gasteiger partial charge in [0.2, 0.25) is 5.91 Å². The molecular formula is C19H32FN3O3S. The summed E-state index contributed by atoms with van der Waals surface area (Å²) < 4.78 is 12.0. The first kappa shape index (κ1) is 22.0. The molecule has 6 nitrogen and oxygen atoms in total. The van der Waals surface area contributed by atoms with Gasteiger partial charge in [-0.3, -0.25) is 14.0 Å². The average molecular weight is 401 g/mol. The number of halogens is 1. The first-order chi connectivity index (χ1) is 13.1. The van der Waals surface area contributed by atoms with Crippen molar-refractivity contribution >= 4 is 29.5 Å². The van der Waals surface area contributed by atoms with Crippen LogP contribution >= 0.6 is 11.8 Å². The lowest BCUT2D eigenvalue weighted by Crippen LogP contribution is -2.36. The summed E-state index contributed by atoms with van der Waals surface area (Å²) in [4.78, 5) is 34.8. The fraction of sp³-hybridized carbons (Fsp3) is 0.842. The van der Waals surface area contributed by atoms with E-state index in [0.29, 0.717) is 43.9 Å². The number of carbonyl (C=O) groups is 3. The van der Waals surface area contributed by atoms with Crippen LogP contribution in [0.2, 0.25) is 0 Å². The molecular weight excluding hydrogens is 368 g/mol. The molecule has 0 saturated carbocycles. The fourth-order valence-electron chi connectivity index (χ4n) is 3.59. The van der Waals surface area contributed by atoms with E-state index >= 15 is 0 Å². The smallest absolute Gasteiger partial charge is 0.315 e. The molecule has 0 aromatic rings. The van der Waals surface area contributed by atoms with Crippen LogP contribution in [-0.2, 0) is 9.59 Å². The van der Waals surface area contributed by atoms with E-state index in [2.05, 4.69) is 16.0 Å². The molecule has 2 fully saturated rings. The number of Topliss-reactive ketones (excluding diaryl/α,β-unsaturated/α-hetero) is 1. The molecule has 2 rings (SSSR count). The molecule has 0 unspecified atom stereocenters. The van der Waals surface area contributed by atoms with Gasteiger partial charge in [-0.05, 0) is 32.1 Å². The molecule has 0 radical (unpaired) electrons. The number of carbonyl (C=O) groups excluding carboxylic acids is 3. The van der Waals surface area contributed by atoms with Gasteiger partial charge in [0.05, 0.1) is 18.8 Å². The minimum atomic E-state index is -0.311. The molecule has 2 aliphatic rings. The lowest BCUT2D eigenvalue weighted by molar-refractivity contribution is -0.122. The van der Waals surface area contributed by atoms with Crippen LogP contribution in [0.5, 0.6) is 0 Å². The van der Waals surface area contributed by atoms with Gasteiger partial charge in [0, 0.05) is 36.8 Å². The molecule has 0 aromatic carbocycles. The Morgan fingerprint density at radius 1 is 1.04 bits per heavy atom. The van der Waals surface area contributed by atoms with Gasteiger partial charge in [-0.2, -0.15) is 11.8 Å². The highest BCUT2D eigenvalue weighted by atomic mass is 32.2. The van der Waals surface area contributed by atoms with Crippen LogP contribution in [0, 0.1) is 0 Å².